The van der Waals surface area contributed by atoms with Gasteiger partial charge in [0.05, 0.1) is 6.04 Å². The van der Waals surface area contributed by atoms with Crippen molar-refractivity contribution in [3.05, 3.63) is 16.1 Å². The van der Waals surface area contributed by atoms with Gasteiger partial charge in [0.25, 0.3) is 5.91 Å². The fourth-order valence-corrected chi connectivity index (χ4v) is 2.52. The summed E-state index contributed by atoms with van der Waals surface area (Å²) in [4.78, 5) is 28.5. The molecule has 1 aromatic heterocycles. The van der Waals surface area contributed by atoms with E-state index >= 15 is 0 Å². The summed E-state index contributed by atoms with van der Waals surface area (Å²) < 4.78 is 0. The topological polar surface area (TPSA) is 50.3 Å². The molecule has 1 aliphatic rings. The Morgan fingerprint density at radius 2 is 2.27 bits per heavy atom. The summed E-state index contributed by atoms with van der Waals surface area (Å²) in [6.07, 6.45) is 0.341. The molecular formula is C10H12N2O2S. The monoisotopic (exact) mass is 224 g/mol. The van der Waals surface area contributed by atoms with Crippen LogP contribution >= 0.6 is 11.3 Å². The number of nitrogens with zero attached hydrogens (tertiary/aromatic N) is 2. The number of hydrogen-bond donors (Lipinski definition) is 0. The van der Waals surface area contributed by atoms with E-state index in [0.29, 0.717) is 13.0 Å². The molecule has 1 atom stereocenters. The normalized spacial score (nSPS) is 18.7. The Balaban J connectivity index is 2.18. The zero-order valence-corrected chi connectivity index (χ0v) is 9.50. The van der Waals surface area contributed by atoms with Crippen molar-refractivity contribution in [1.29, 1.82) is 0 Å². The number of Topliss-reactive ketones (excluding diaryl/α,β-unsaturated/α-hetero) is 1. The average molecular weight is 224 g/mol. The van der Waals surface area contributed by atoms with Crippen molar-refractivity contribution in [2.45, 2.75) is 26.3 Å². The Kier molecular flexibility index (Phi) is 2.56. The number of rotatable bonds is 2. The van der Waals surface area contributed by atoms with Crippen LogP contribution in [0.2, 0.25) is 0 Å². The molecule has 0 saturated carbocycles. The van der Waals surface area contributed by atoms with Crippen LogP contribution in [0.25, 0.3) is 0 Å². The van der Waals surface area contributed by atoms with Gasteiger partial charge in [-0.2, -0.15) is 0 Å². The molecule has 0 N–H and O–H groups in total. The zero-order valence-electron chi connectivity index (χ0n) is 8.69. The molecule has 0 bridgehead atoms. The fourth-order valence-electron chi connectivity index (χ4n) is 1.66. The number of ketones is 1. The van der Waals surface area contributed by atoms with Gasteiger partial charge in [0.15, 0.2) is 0 Å². The first kappa shape index (κ1) is 10.3. The number of likely N-dealkylation sites (tertiary alicyclic amines) is 1. The molecule has 1 amide bonds. The third-order valence-corrected chi connectivity index (χ3v) is 3.67. The van der Waals surface area contributed by atoms with Crippen LogP contribution in [-0.4, -0.2) is 28.1 Å². The molecule has 1 aromatic rings. The van der Waals surface area contributed by atoms with Gasteiger partial charge in [0.2, 0.25) is 5.78 Å². The van der Waals surface area contributed by atoms with E-state index in [1.165, 1.54) is 11.3 Å². The molecule has 0 aliphatic carbocycles. The SMILES string of the molecule is Cc1csc(C(C)N2CCC(=O)C2=O)n1. The molecule has 1 fully saturated rings. The summed E-state index contributed by atoms with van der Waals surface area (Å²) >= 11 is 1.53. The summed E-state index contributed by atoms with van der Waals surface area (Å²) in [5.74, 6) is -0.648. The van der Waals surface area contributed by atoms with Crippen LogP contribution in [0.1, 0.15) is 30.1 Å². The number of carbonyl (C=O) groups is 2. The zero-order chi connectivity index (χ0) is 11.0. The highest BCUT2D eigenvalue weighted by Gasteiger charge is 2.33. The number of aryl methyl sites for hydroxylation is 1. The lowest BCUT2D eigenvalue weighted by molar-refractivity contribution is -0.141. The molecule has 1 unspecified atom stereocenters. The quantitative estimate of drug-likeness (QED) is 0.712. The van der Waals surface area contributed by atoms with E-state index in [9.17, 15) is 9.59 Å². The molecule has 5 heteroatoms. The molecule has 2 heterocycles. The Hall–Kier alpha value is -1.23. The molecule has 15 heavy (non-hydrogen) atoms. The van der Waals surface area contributed by atoms with Gasteiger partial charge in [-0.15, -0.1) is 11.3 Å². The Morgan fingerprint density at radius 3 is 2.73 bits per heavy atom. The Bertz CT molecular complexity index is 413. The lowest BCUT2D eigenvalue weighted by Gasteiger charge is -2.21. The van der Waals surface area contributed by atoms with Crippen LogP contribution < -0.4 is 0 Å². The van der Waals surface area contributed by atoms with Gasteiger partial charge >= 0.3 is 0 Å². The fraction of sp³-hybridized carbons (Fsp3) is 0.500. The van der Waals surface area contributed by atoms with Gasteiger partial charge in [-0.25, -0.2) is 4.98 Å². The number of aromatic nitrogens is 1. The van der Waals surface area contributed by atoms with Crippen LogP contribution in [0.15, 0.2) is 5.38 Å². The minimum atomic E-state index is -0.365. The van der Waals surface area contributed by atoms with Crippen molar-refractivity contribution in [1.82, 2.24) is 9.88 Å². The first-order valence-electron chi connectivity index (χ1n) is 4.85. The first-order valence-corrected chi connectivity index (χ1v) is 5.73. The van der Waals surface area contributed by atoms with Gasteiger partial charge in [0, 0.05) is 24.0 Å². The highest BCUT2D eigenvalue weighted by Crippen LogP contribution is 2.26. The minimum Gasteiger partial charge on any atom is -0.326 e. The molecular weight excluding hydrogens is 212 g/mol. The minimum absolute atomic E-state index is 0.0809. The maximum absolute atomic E-state index is 11.5. The van der Waals surface area contributed by atoms with Crippen molar-refractivity contribution < 1.29 is 9.59 Å². The van der Waals surface area contributed by atoms with Crippen molar-refractivity contribution in [3.63, 3.8) is 0 Å². The summed E-state index contributed by atoms with van der Waals surface area (Å²) in [5, 5.41) is 2.85. The smallest absolute Gasteiger partial charge is 0.290 e. The van der Waals surface area contributed by atoms with Crippen LogP contribution in [0.3, 0.4) is 0 Å². The van der Waals surface area contributed by atoms with E-state index in [1.54, 1.807) is 4.90 Å². The van der Waals surface area contributed by atoms with E-state index in [1.807, 2.05) is 19.2 Å². The molecule has 0 radical (unpaired) electrons. The molecule has 1 saturated heterocycles. The largest absolute Gasteiger partial charge is 0.326 e. The number of hydrogen-bond acceptors (Lipinski definition) is 4. The first-order chi connectivity index (χ1) is 7.09. The maximum Gasteiger partial charge on any atom is 0.290 e. The molecule has 2 rings (SSSR count). The average Bonchev–Trinajstić information content (AvgIpc) is 2.75. The van der Waals surface area contributed by atoms with Crippen LogP contribution in [0.5, 0.6) is 0 Å². The van der Waals surface area contributed by atoms with Crippen LogP contribution in [-0.2, 0) is 9.59 Å². The van der Waals surface area contributed by atoms with Gasteiger partial charge in [0.1, 0.15) is 5.01 Å². The Morgan fingerprint density at radius 1 is 1.53 bits per heavy atom. The summed E-state index contributed by atoms with van der Waals surface area (Å²) in [6.45, 7) is 4.36. The standard InChI is InChI=1S/C10H12N2O2S/c1-6-5-15-9(11-6)7(2)12-4-3-8(13)10(12)14/h5,7H,3-4H2,1-2H3. The third-order valence-electron chi connectivity index (χ3n) is 2.54. The predicted octanol–water partition coefficient (Wildman–Crippen LogP) is 1.31. The van der Waals surface area contributed by atoms with Gasteiger partial charge in [-0.05, 0) is 13.8 Å². The predicted molar refractivity (Wildman–Crippen MR) is 56.6 cm³/mol. The van der Waals surface area contributed by atoms with Crippen molar-refractivity contribution in [3.8, 4) is 0 Å². The molecule has 80 valence electrons. The highest BCUT2D eigenvalue weighted by atomic mass is 32.1. The van der Waals surface area contributed by atoms with E-state index in [-0.39, 0.29) is 17.7 Å². The number of amides is 1. The number of thiazole rings is 1. The second-order valence-corrected chi connectivity index (χ2v) is 4.56. The summed E-state index contributed by atoms with van der Waals surface area (Å²) in [6, 6.07) is -0.0809. The summed E-state index contributed by atoms with van der Waals surface area (Å²) in [7, 11) is 0. The van der Waals surface area contributed by atoms with Crippen molar-refractivity contribution in [2.24, 2.45) is 0 Å². The lowest BCUT2D eigenvalue weighted by atomic mass is 10.3. The van der Waals surface area contributed by atoms with E-state index in [2.05, 4.69) is 4.98 Å². The van der Waals surface area contributed by atoms with Gasteiger partial charge < -0.3 is 4.90 Å². The van der Waals surface area contributed by atoms with E-state index in [0.717, 1.165) is 10.7 Å². The molecule has 0 spiro atoms. The van der Waals surface area contributed by atoms with Gasteiger partial charge in [-0.3, -0.25) is 9.59 Å². The van der Waals surface area contributed by atoms with Crippen LogP contribution in [0.4, 0.5) is 0 Å². The van der Waals surface area contributed by atoms with Crippen molar-refractivity contribution >= 4 is 23.0 Å². The molecule has 0 aromatic carbocycles. The van der Waals surface area contributed by atoms with Gasteiger partial charge in [-0.1, -0.05) is 0 Å². The highest BCUT2D eigenvalue weighted by molar-refractivity contribution is 7.09. The molecule has 1 aliphatic heterocycles. The Labute approximate surface area is 91.9 Å². The maximum atomic E-state index is 11.5. The third kappa shape index (κ3) is 1.79. The number of carbonyl (C=O) groups excluding carboxylic acids is 2. The van der Waals surface area contributed by atoms with Crippen LogP contribution in [0, 0.1) is 6.92 Å². The van der Waals surface area contributed by atoms with E-state index in [4.69, 9.17) is 0 Å². The second-order valence-electron chi connectivity index (χ2n) is 3.67. The van der Waals surface area contributed by atoms with Crippen molar-refractivity contribution in [2.75, 3.05) is 6.54 Å². The lowest BCUT2D eigenvalue weighted by Crippen LogP contribution is -2.30. The second kappa shape index (κ2) is 3.73. The molecule has 4 nitrogen and oxygen atoms in total. The summed E-state index contributed by atoms with van der Waals surface area (Å²) in [5.41, 5.74) is 0.958. The van der Waals surface area contributed by atoms with E-state index < -0.39 is 0 Å².